The number of benzene rings is 1. The highest BCUT2D eigenvalue weighted by Crippen LogP contribution is 2.38. The van der Waals surface area contributed by atoms with Crippen LogP contribution in [0.5, 0.6) is 11.5 Å². The Morgan fingerprint density at radius 1 is 1.15 bits per heavy atom. The second-order valence-electron chi connectivity index (χ2n) is 10.5. The molecule has 2 aliphatic rings. The van der Waals surface area contributed by atoms with Gasteiger partial charge in [0.05, 0.1) is 36.1 Å². The maximum absolute atomic E-state index is 14.0. The van der Waals surface area contributed by atoms with Crippen LogP contribution in [0.15, 0.2) is 55.8 Å². The van der Waals surface area contributed by atoms with Crippen molar-refractivity contribution >= 4 is 29.3 Å². The van der Waals surface area contributed by atoms with Gasteiger partial charge in [-0.2, -0.15) is 0 Å². The quantitative estimate of drug-likeness (QED) is 0.399. The normalized spacial score (nSPS) is 18.1. The first kappa shape index (κ1) is 27.8. The summed E-state index contributed by atoms with van der Waals surface area (Å²) in [4.78, 5) is 34.8. The Morgan fingerprint density at radius 3 is 2.58 bits per heavy atom. The SMILES string of the molecule is COc1ccc(OC)c([C@H]2C(C(=O)OC(C)C)=C(C)N=c3s/c(=C\c4ccc(N5CCC(C)CC5)o4)c(=O)n32)c1. The second-order valence-corrected chi connectivity index (χ2v) is 11.5. The number of piperidine rings is 1. The molecule has 0 bridgehead atoms. The van der Waals surface area contributed by atoms with Gasteiger partial charge in [-0.3, -0.25) is 9.36 Å². The van der Waals surface area contributed by atoms with Crippen LogP contribution in [-0.2, 0) is 9.53 Å². The first-order valence-corrected chi connectivity index (χ1v) is 14.3. The van der Waals surface area contributed by atoms with Crippen LogP contribution in [0.25, 0.3) is 6.08 Å². The Bertz CT molecular complexity index is 1620. The average Bonchev–Trinajstić information content (AvgIpc) is 3.51. The first-order chi connectivity index (χ1) is 19.2. The molecular formula is C30H35N3O6S. The molecule has 212 valence electrons. The Morgan fingerprint density at radius 2 is 1.90 bits per heavy atom. The number of nitrogens with zero attached hydrogens (tertiary/aromatic N) is 3. The fraction of sp³-hybridized carbons (Fsp3) is 0.433. The molecule has 2 aromatic heterocycles. The van der Waals surface area contributed by atoms with Crippen LogP contribution in [0, 0.1) is 5.92 Å². The molecule has 0 spiro atoms. The number of methoxy groups -OCH3 is 2. The standard InChI is InChI=1S/C30H35N3O6S/c1-17(2)38-29(35)26-19(4)31-30-33(27(26)22-15-20(36-5)7-9-23(22)37-6)28(34)24(40-30)16-21-8-10-25(39-21)32-13-11-18(3)12-14-32/h7-10,15-18,27H,11-14H2,1-6H3/b24-16-/t27-/m0/s1. The Kier molecular flexibility index (Phi) is 7.89. The lowest BCUT2D eigenvalue weighted by Crippen LogP contribution is -2.40. The van der Waals surface area contributed by atoms with Gasteiger partial charge in [0.15, 0.2) is 10.7 Å². The molecule has 1 fully saturated rings. The summed E-state index contributed by atoms with van der Waals surface area (Å²) < 4.78 is 24.9. The van der Waals surface area contributed by atoms with Crippen molar-refractivity contribution in [3.63, 3.8) is 0 Å². The van der Waals surface area contributed by atoms with Crippen molar-refractivity contribution in [1.29, 1.82) is 0 Å². The van der Waals surface area contributed by atoms with E-state index < -0.39 is 12.0 Å². The van der Waals surface area contributed by atoms with Crippen LogP contribution < -0.4 is 29.3 Å². The van der Waals surface area contributed by atoms with Crippen LogP contribution in [0.3, 0.4) is 0 Å². The third-order valence-electron chi connectivity index (χ3n) is 7.30. The number of carbonyl (C=O) groups is 1. The molecule has 1 saturated heterocycles. The number of ether oxygens (including phenoxy) is 3. The largest absolute Gasteiger partial charge is 0.497 e. The third kappa shape index (κ3) is 5.32. The summed E-state index contributed by atoms with van der Waals surface area (Å²) in [5.41, 5.74) is 1.07. The molecule has 0 unspecified atom stereocenters. The molecule has 3 aromatic rings. The van der Waals surface area contributed by atoms with Crippen LogP contribution >= 0.6 is 11.3 Å². The van der Waals surface area contributed by atoms with E-state index in [1.54, 1.807) is 59.3 Å². The van der Waals surface area contributed by atoms with Crippen molar-refractivity contribution in [2.24, 2.45) is 10.9 Å². The van der Waals surface area contributed by atoms with E-state index in [0.29, 0.717) is 37.9 Å². The van der Waals surface area contributed by atoms with Crippen molar-refractivity contribution in [2.75, 3.05) is 32.2 Å². The molecule has 1 atom stereocenters. The van der Waals surface area contributed by atoms with Crippen LogP contribution in [0.1, 0.15) is 57.9 Å². The molecule has 5 rings (SSSR count). The number of furan rings is 1. The van der Waals surface area contributed by atoms with Gasteiger partial charge in [0.1, 0.15) is 23.3 Å². The van der Waals surface area contributed by atoms with E-state index in [4.69, 9.17) is 18.6 Å². The summed E-state index contributed by atoms with van der Waals surface area (Å²) in [5, 5.41) is 0. The number of fused-ring (bicyclic) bond motifs is 1. The van der Waals surface area contributed by atoms with Crippen molar-refractivity contribution in [2.45, 2.75) is 52.7 Å². The van der Waals surface area contributed by atoms with E-state index in [-0.39, 0.29) is 17.2 Å². The second kappa shape index (κ2) is 11.4. The van der Waals surface area contributed by atoms with E-state index in [0.717, 1.165) is 37.7 Å². The van der Waals surface area contributed by atoms with Gasteiger partial charge >= 0.3 is 5.97 Å². The van der Waals surface area contributed by atoms with Crippen molar-refractivity contribution in [3.8, 4) is 11.5 Å². The number of aromatic nitrogens is 1. The Labute approximate surface area is 237 Å². The van der Waals surface area contributed by atoms with Crippen LogP contribution in [0.4, 0.5) is 5.88 Å². The summed E-state index contributed by atoms with van der Waals surface area (Å²) in [6, 6.07) is 8.32. The van der Waals surface area contributed by atoms with Gasteiger partial charge in [0.25, 0.3) is 5.56 Å². The highest BCUT2D eigenvalue weighted by molar-refractivity contribution is 7.07. The number of thiazole rings is 1. The Balaban J connectivity index is 1.63. The van der Waals surface area contributed by atoms with Crippen molar-refractivity contribution in [3.05, 3.63) is 72.6 Å². The number of hydrogen-bond acceptors (Lipinski definition) is 9. The van der Waals surface area contributed by atoms with Gasteiger partial charge in [-0.25, -0.2) is 9.79 Å². The summed E-state index contributed by atoms with van der Waals surface area (Å²) in [7, 11) is 3.11. The number of hydrogen-bond donors (Lipinski definition) is 0. The molecule has 4 heterocycles. The number of esters is 1. The van der Waals surface area contributed by atoms with Crippen LogP contribution in [-0.4, -0.2) is 43.9 Å². The molecule has 0 aliphatic carbocycles. The molecular weight excluding hydrogens is 530 g/mol. The predicted octanol–water partition coefficient (Wildman–Crippen LogP) is 4.03. The highest BCUT2D eigenvalue weighted by atomic mass is 32.1. The lowest BCUT2D eigenvalue weighted by atomic mass is 9.94. The lowest BCUT2D eigenvalue weighted by Gasteiger charge is -2.29. The molecule has 0 N–H and O–H groups in total. The third-order valence-corrected chi connectivity index (χ3v) is 8.28. The highest BCUT2D eigenvalue weighted by Gasteiger charge is 2.36. The predicted molar refractivity (Wildman–Crippen MR) is 154 cm³/mol. The molecule has 0 radical (unpaired) electrons. The number of allylic oxidation sites excluding steroid dienone is 1. The van der Waals surface area contributed by atoms with Gasteiger partial charge in [-0.15, -0.1) is 0 Å². The van der Waals surface area contributed by atoms with Crippen LogP contribution in [0.2, 0.25) is 0 Å². The molecule has 1 aromatic carbocycles. The zero-order chi connectivity index (χ0) is 28.6. The zero-order valence-electron chi connectivity index (χ0n) is 23.7. The summed E-state index contributed by atoms with van der Waals surface area (Å²) in [6.45, 7) is 9.50. The molecule has 40 heavy (non-hydrogen) atoms. The Hall–Kier alpha value is -3.79. The maximum Gasteiger partial charge on any atom is 0.338 e. The summed E-state index contributed by atoms with van der Waals surface area (Å²) in [5.74, 6) is 2.65. The number of anilines is 1. The van der Waals surface area contributed by atoms with Crippen molar-refractivity contribution in [1.82, 2.24) is 4.57 Å². The number of carbonyl (C=O) groups excluding carboxylic acids is 1. The topological polar surface area (TPSA) is 95.5 Å². The minimum Gasteiger partial charge on any atom is -0.497 e. The minimum absolute atomic E-state index is 0.277. The first-order valence-electron chi connectivity index (χ1n) is 13.5. The average molecular weight is 566 g/mol. The smallest absolute Gasteiger partial charge is 0.338 e. The number of rotatable bonds is 7. The molecule has 0 amide bonds. The lowest BCUT2D eigenvalue weighted by molar-refractivity contribution is -0.143. The molecule has 0 saturated carbocycles. The zero-order valence-corrected chi connectivity index (χ0v) is 24.5. The fourth-order valence-corrected chi connectivity index (χ4v) is 6.18. The van der Waals surface area contributed by atoms with E-state index in [9.17, 15) is 9.59 Å². The fourth-order valence-electron chi connectivity index (χ4n) is 5.16. The minimum atomic E-state index is -0.822. The van der Waals surface area contributed by atoms with Gasteiger partial charge < -0.3 is 23.5 Å². The summed E-state index contributed by atoms with van der Waals surface area (Å²) >= 11 is 1.25. The van der Waals surface area contributed by atoms with E-state index in [1.165, 1.54) is 15.9 Å². The van der Waals surface area contributed by atoms with Crippen molar-refractivity contribution < 1.29 is 23.4 Å². The van der Waals surface area contributed by atoms with Gasteiger partial charge in [0, 0.05) is 30.8 Å². The van der Waals surface area contributed by atoms with E-state index in [1.807, 2.05) is 12.1 Å². The molecule has 2 aliphatic heterocycles. The summed E-state index contributed by atoms with van der Waals surface area (Å²) in [6.07, 6.45) is 3.65. The molecule has 9 nitrogen and oxygen atoms in total. The van der Waals surface area contributed by atoms with E-state index >= 15 is 0 Å². The van der Waals surface area contributed by atoms with E-state index in [2.05, 4.69) is 16.8 Å². The van der Waals surface area contributed by atoms with Gasteiger partial charge in [-0.1, -0.05) is 18.3 Å². The van der Waals surface area contributed by atoms with Gasteiger partial charge in [0.2, 0.25) is 0 Å². The van der Waals surface area contributed by atoms with Gasteiger partial charge in [-0.05, 0) is 63.8 Å². The maximum atomic E-state index is 14.0. The molecule has 10 heteroatoms. The monoisotopic (exact) mass is 565 g/mol.